The van der Waals surface area contributed by atoms with Gasteiger partial charge < -0.3 is 5.32 Å². The summed E-state index contributed by atoms with van der Waals surface area (Å²) in [4.78, 5) is 1.51. The van der Waals surface area contributed by atoms with Crippen molar-refractivity contribution in [2.75, 3.05) is 13.6 Å². The highest BCUT2D eigenvalue weighted by atomic mass is 35.5. The number of nitrogens with one attached hydrogen (secondary N) is 1. The van der Waals surface area contributed by atoms with Gasteiger partial charge in [0.15, 0.2) is 0 Å². The summed E-state index contributed by atoms with van der Waals surface area (Å²) < 4.78 is 0.945. The molecule has 0 saturated carbocycles. The number of hydrogen-bond donors (Lipinski definition) is 1. The zero-order valence-corrected chi connectivity index (χ0v) is 8.63. The predicted octanol–water partition coefficient (Wildman–Crippen LogP) is 2.65. The molecular formula is C9H12ClNS. The van der Waals surface area contributed by atoms with Gasteiger partial charge in [-0.05, 0) is 31.5 Å². The van der Waals surface area contributed by atoms with Crippen LogP contribution < -0.4 is 5.32 Å². The minimum absolute atomic E-state index is 0.711. The molecule has 0 bridgehead atoms. The molecule has 0 spiro atoms. The van der Waals surface area contributed by atoms with E-state index in [-0.39, 0.29) is 0 Å². The standard InChI is InChI=1S/C9H12ClNS/c1-11-5-7-3-2-6-4-8(10)12-9(6)7/h4,7,11H,2-3,5H2,1H3. The Kier molecular flexibility index (Phi) is 2.40. The van der Waals surface area contributed by atoms with Crippen LogP contribution in [0.5, 0.6) is 0 Å². The van der Waals surface area contributed by atoms with E-state index >= 15 is 0 Å². The van der Waals surface area contributed by atoms with Crippen LogP contribution in [0.3, 0.4) is 0 Å². The number of thiophene rings is 1. The molecule has 1 unspecified atom stereocenters. The van der Waals surface area contributed by atoms with E-state index in [4.69, 9.17) is 11.6 Å². The van der Waals surface area contributed by atoms with Crippen molar-refractivity contribution in [3.05, 3.63) is 20.8 Å². The molecule has 0 saturated heterocycles. The average molecular weight is 202 g/mol. The molecule has 0 amide bonds. The largest absolute Gasteiger partial charge is 0.319 e. The second-order valence-corrected chi connectivity index (χ2v) is 4.95. The summed E-state index contributed by atoms with van der Waals surface area (Å²) in [6.07, 6.45) is 2.50. The van der Waals surface area contributed by atoms with Crippen LogP contribution in [0.15, 0.2) is 6.07 Å². The highest BCUT2D eigenvalue weighted by molar-refractivity contribution is 7.16. The lowest BCUT2D eigenvalue weighted by molar-refractivity contribution is 0.629. The van der Waals surface area contributed by atoms with Gasteiger partial charge in [-0.1, -0.05) is 11.6 Å². The maximum atomic E-state index is 5.94. The van der Waals surface area contributed by atoms with Gasteiger partial charge in [0.2, 0.25) is 0 Å². The van der Waals surface area contributed by atoms with Crippen LogP contribution in [-0.2, 0) is 6.42 Å². The lowest BCUT2D eigenvalue weighted by Gasteiger charge is -2.07. The van der Waals surface area contributed by atoms with Crippen molar-refractivity contribution in [3.63, 3.8) is 0 Å². The first kappa shape index (κ1) is 8.54. The van der Waals surface area contributed by atoms with Crippen LogP contribution >= 0.6 is 22.9 Å². The Morgan fingerprint density at radius 3 is 3.33 bits per heavy atom. The van der Waals surface area contributed by atoms with Crippen molar-refractivity contribution in [3.8, 4) is 0 Å². The summed E-state index contributed by atoms with van der Waals surface area (Å²) in [5, 5.41) is 3.22. The first-order valence-electron chi connectivity index (χ1n) is 4.24. The van der Waals surface area contributed by atoms with Gasteiger partial charge in [-0.15, -0.1) is 11.3 Å². The number of fused-ring (bicyclic) bond motifs is 1. The SMILES string of the molecule is CNCC1CCc2cc(Cl)sc21. The van der Waals surface area contributed by atoms with E-state index in [1.54, 1.807) is 11.3 Å². The summed E-state index contributed by atoms with van der Waals surface area (Å²) >= 11 is 7.69. The molecular weight excluding hydrogens is 190 g/mol. The molecule has 0 fully saturated rings. The summed E-state index contributed by atoms with van der Waals surface area (Å²) in [7, 11) is 2.01. The number of hydrogen-bond acceptors (Lipinski definition) is 2. The first-order valence-corrected chi connectivity index (χ1v) is 5.43. The van der Waals surface area contributed by atoms with Gasteiger partial charge in [0, 0.05) is 17.3 Å². The molecule has 3 heteroatoms. The summed E-state index contributed by atoms with van der Waals surface area (Å²) in [6.45, 7) is 1.09. The molecule has 12 heavy (non-hydrogen) atoms. The van der Waals surface area contributed by atoms with E-state index in [9.17, 15) is 0 Å². The Morgan fingerprint density at radius 2 is 2.58 bits per heavy atom. The van der Waals surface area contributed by atoms with E-state index in [2.05, 4.69) is 11.4 Å². The highest BCUT2D eigenvalue weighted by Gasteiger charge is 2.24. The van der Waals surface area contributed by atoms with Gasteiger partial charge in [-0.25, -0.2) is 0 Å². The van der Waals surface area contributed by atoms with Crippen molar-refractivity contribution < 1.29 is 0 Å². The zero-order chi connectivity index (χ0) is 8.55. The van der Waals surface area contributed by atoms with E-state index in [1.165, 1.54) is 23.3 Å². The minimum Gasteiger partial charge on any atom is -0.319 e. The molecule has 1 nitrogen and oxygen atoms in total. The van der Waals surface area contributed by atoms with Gasteiger partial charge in [0.1, 0.15) is 0 Å². The van der Waals surface area contributed by atoms with Crippen molar-refractivity contribution in [1.29, 1.82) is 0 Å². The molecule has 66 valence electrons. The second kappa shape index (κ2) is 3.36. The lowest BCUT2D eigenvalue weighted by atomic mass is 10.1. The smallest absolute Gasteiger partial charge is 0.0934 e. The Labute approximate surface area is 81.7 Å². The first-order chi connectivity index (χ1) is 5.81. The molecule has 0 aliphatic heterocycles. The van der Waals surface area contributed by atoms with Gasteiger partial charge in [0.25, 0.3) is 0 Å². The summed E-state index contributed by atoms with van der Waals surface area (Å²) in [5.41, 5.74) is 1.48. The van der Waals surface area contributed by atoms with E-state index in [0.717, 1.165) is 10.9 Å². The molecule has 1 N–H and O–H groups in total. The minimum atomic E-state index is 0.711. The quantitative estimate of drug-likeness (QED) is 0.776. The normalized spacial score (nSPS) is 21.3. The molecule has 0 radical (unpaired) electrons. The topological polar surface area (TPSA) is 12.0 Å². The third kappa shape index (κ3) is 1.39. The number of rotatable bonds is 2. The fourth-order valence-electron chi connectivity index (χ4n) is 1.85. The van der Waals surface area contributed by atoms with E-state index in [1.807, 2.05) is 7.05 Å². The molecule has 1 aliphatic rings. The molecule has 1 atom stereocenters. The third-order valence-corrected chi connectivity index (χ3v) is 3.86. The Morgan fingerprint density at radius 1 is 1.75 bits per heavy atom. The monoisotopic (exact) mass is 201 g/mol. The average Bonchev–Trinajstić information content (AvgIpc) is 2.52. The number of aryl methyl sites for hydroxylation is 1. The Bertz CT molecular complexity index is 282. The fourth-order valence-corrected chi connectivity index (χ4v) is 3.30. The Balaban J connectivity index is 2.22. The van der Waals surface area contributed by atoms with Crippen LogP contribution in [0.4, 0.5) is 0 Å². The second-order valence-electron chi connectivity index (χ2n) is 3.23. The predicted molar refractivity (Wildman–Crippen MR) is 54.3 cm³/mol. The van der Waals surface area contributed by atoms with Crippen molar-refractivity contribution >= 4 is 22.9 Å². The van der Waals surface area contributed by atoms with Gasteiger partial charge in [-0.3, -0.25) is 0 Å². The lowest BCUT2D eigenvalue weighted by Crippen LogP contribution is -2.14. The Hall–Kier alpha value is -0.0500. The van der Waals surface area contributed by atoms with Gasteiger partial charge >= 0.3 is 0 Å². The van der Waals surface area contributed by atoms with Crippen LogP contribution in [0.2, 0.25) is 4.34 Å². The fraction of sp³-hybridized carbons (Fsp3) is 0.556. The molecule has 1 aromatic heterocycles. The number of likely N-dealkylation sites (N-methyl/N-ethyl adjacent to an activating group) is 1. The maximum absolute atomic E-state index is 5.94. The molecule has 0 aromatic carbocycles. The number of halogens is 1. The van der Waals surface area contributed by atoms with Crippen LogP contribution in [0.25, 0.3) is 0 Å². The van der Waals surface area contributed by atoms with Crippen molar-refractivity contribution in [1.82, 2.24) is 5.32 Å². The molecule has 1 aromatic rings. The van der Waals surface area contributed by atoms with E-state index < -0.39 is 0 Å². The van der Waals surface area contributed by atoms with Gasteiger partial charge in [0.05, 0.1) is 4.34 Å². The van der Waals surface area contributed by atoms with Crippen molar-refractivity contribution in [2.45, 2.75) is 18.8 Å². The van der Waals surface area contributed by atoms with E-state index in [0.29, 0.717) is 5.92 Å². The highest BCUT2D eigenvalue weighted by Crippen LogP contribution is 2.40. The van der Waals surface area contributed by atoms with Crippen LogP contribution in [-0.4, -0.2) is 13.6 Å². The van der Waals surface area contributed by atoms with Gasteiger partial charge in [-0.2, -0.15) is 0 Å². The molecule has 1 aliphatic carbocycles. The zero-order valence-electron chi connectivity index (χ0n) is 7.06. The van der Waals surface area contributed by atoms with Crippen LogP contribution in [0, 0.1) is 0 Å². The maximum Gasteiger partial charge on any atom is 0.0934 e. The molecule has 2 rings (SSSR count). The molecule has 1 heterocycles. The van der Waals surface area contributed by atoms with Crippen LogP contribution in [0.1, 0.15) is 22.8 Å². The third-order valence-electron chi connectivity index (χ3n) is 2.40. The summed E-state index contributed by atoms with van der Waals surface area (Å²) in [6, 6.07) is 2.12. The summed E-state index contributed by atoms with van der Waals surface area (Å²) in [5.74, 6) is 0.711. The van der Waals surface area contributed by atoms with Crippen molar-refractivity contribution in [2.24, 2.45) is 0 Å².